The van der Waals surface area contributed by atoms with Gasteiger partial charge < -0.3 is 5.32 Å². The molecule has 0 aliphatic carbocycles. The topological polar surface area (TPSA) is 78.1 Å². The van der Waals surface area contributed by atoms with Gasteiger partial charge >= 0.3 is 6.03 Å². The summed E-state index contributed by atoms with van der Waals surface area (Å²) in [5.74, 6) is -0.453. The summed E-state index contributed by atoms with van der Waals surface area (Å²) in [6.45, 7) is 1.71. The van der Waals surface area contributed by atoms with Gasteiger partial charge in [-0.2, -0.15) is 5.26 Å². The van der Waals surface area contributed by atoms with Crippen LogP contribution < -0.4 is 5.32 Å². The SMILES string of the molecule is CC1=NC(=O)NC(c2cccc(-c3ccncc3)c2)C1C#N. The van der Waals surface area contributed by atoms with E-state index in [4.69, 9.17) is 0 Å². The number of amides is 2. The molecule has 2 unspecified atom stereocenters. The lowest BCUT2D eigenvalue weighted by Crippen LogP contribution is -2.39. The molecule has 0 bridgehead atoms. The van der Waals surface area contributed by atoms with Crippen molar-refractivity contribution in [3.63, 3.8) is 0 Å². The first-order chi connectivity index (χ1) is 10.7. The summed E-state index contributed by atoms with van der Waals surface area (Å²) in [7, 11) is 0. The Bertz CT molecular complexity index is 777. The van der Waals surface area contributed by atoms with Crippen molar-refractivity contribution < 1.29 is 4.79 Å². The monoisotopic (exact) mass is 290 g/mol. The third-order valence-corrected chi connectivity index (χ3v) is 3.74. The summed E-state index contributed by atoms with van der Waals surface area (Å²) >= 11 is 0. The fraction of sp³-hybridized carbons (Fsp3) is 0.176. The van der Waals surface area contributed by atoms with E-state index in [9.17, 15) is 10.1 Å². The number of nitrogens with zero attached hydrogens (tertiary/aromatic N) is 3. The molecule has 1 aromatic heterocycles. The molecule has 2 amide bonds. The molecule has 2 heterocycles. The van der Waals surface area contributed by atoms with E-state index in [-0.39, 0.29) is 6.04 Å². The Morgan fingerprint density at radius 3 is 2.68 bits per heavy atom. The van der Waals surface area contributed by atoms with Crippen molar-refractivity contribution in [2.45, 2.75) is 13.0 Å². The smallest absolute Gasteiger partial charge is 0.328 e. The van der Waals surface area contributed by atoms with Crippen molar-refractivity contribution in [1.82, 2.24) is 10.3 Å². The minimum absolute atomic E-state index is 0.378. The first kappa shape index (κ1) is 14.0. The molecule has 1 aliphatic rings. The highest BCUT2D eigenvalue weighted by atomic mass is 16.2. The summed E-state index contributed by atoms with van der Waals surface area (Å²) in [4.78, 5) is 19.5. The van der Waals surface area contributed by atoms with Crippen LogP contribution >= 0.6 is 0 Å². The zero-order valence-electron chi connectivity index (χ0n) is 12.0. The molecule has 0 saturated heterocycles. The molecule has 2 aromatic rings. The lowest BCUT2D eigenvalue weighted by Gasteiger charge is -2.27. The minimum Gasteiger partial charge on any atom is -0.328 e. The van der Waals surface area contributed by atoms with E-state index in [1.165, 1.54) is 0 Å². The van der Waals surface area contributed by atoms with E-state index in [0.717, 1.165) is 16.7 Å². The van der Waals surface area contributed by atoms with Crippen molar-refractivity contribution in [3.05, 3.63) is 54.4 Å². The number of pyridine rings is 1. The molecular weight excluding hydrogens is 276 g/mol. The molecular formula is C17H14N4O. The van der Waals surface area contributed by atoms with E-state index in [0.29, 0.717) is 5.71 Å². The van der Waals surface area contributed by atoms with Crippen molar-refractivity contribution in [1.29, 1.82) is 5.26 Å². The number of carbonyl (C=O) groups excluding carboxylic acids is 1. The third kappa shape index (κ3) is 2.59. The summed E-state index contributed by atoms with van der Waals surface area (Å²) < 4.78 is 0. The van der Waals surface area contributed by atoms with Gasteiger partial charge in [0.2, 0.25) is 0 Å². The van der Waals surface area contributed by atoms with E-state index in [1.807, 2.05) is 36.4 Å². The number of aromatic nitrogens is 1. The van der Waals surface area contributed by atoms with Crippen molar-refractivity contribution in [2.24, 2.45) is 10.9 Å². The maximum absolute atomic E-state index is 11.7. The van der Waals surface area contributed by atoms with Crippen LogP contribution in [0.2, 0.25) is 0 Å². The minimum atomic E-state index is -0.453. The van der Waals surface area contributed by atoms with Gasteiger partial charge in [-0.3, -0.25) is 4.98 Å². The lowest BCUT2D eigenvalue weighted by molar-refractivity contribution is 0.242. The molecule has 5 heteroatoms. The molecule has 22 heavy (non-hydrogen) atoms. The zero-order valence-corrected chi connectivity index (χ0v) is 12.0. The van der Waals surface area contributed by atoms with Gasteiger partial charge in [0.15, 0.2) is 0 Å². The van der Waals surface area contributed by atoms with Crippen LogP contribution in [0.3, 0.4) is 0 Å². The van der Waals surface area contributed by atoms with Crippen LogP contribution in [0.15, 0.2) is 53.8 Å². The Labute approximate surface area is 128 Å². The van der Waals surface area contributed by atoms with Gasteiger partial charge in [0.1, 0.15) is 5.92 Å². The quantitative estimate of drug-likeness (QED) is 0.923. The second-order valence-corrected chi connectivity index (χ2v) is 5.15. The van der Waals surface area contributed by atoms with Gasteiger partial charge in [-0.15, -0.1) is 0 Å². The Balaban J connectivity index is 2.01. The van der Waals surface area contributed by atoms with Crippen LogP contribution in [-0.4, -0.2) is 16.7 Å². The number of hydrogen-bond acceptors (Lipinski definition) is 3. The van der Waals surface area contributed by atoms with Crippen LogP contribution in [0.4, 0.5) is 4.79 Å². The summed E-state index contributed by atoms with van der Waals surface area (Å²) in [6.07, 6.45) is 3.47. The van der Waals surface area contributed by atoms with Gasteiger partial charge in [-0.25, -0.2) is 9.79 Å². The van der Waals surface area contributed by atoms with E-state index in [1.54, 1.807) is 19.3 Å². The van der Waals surface area contributed by atoms with Crippen LogP contribution in [-0.2, 0) is 0 Å². The number of urea groups is 1. The summed E-state index contributed by atoms with van der Waals surface area (Å²) in [5.41, 5.74) is 3.50. The maximum atomic E-state index is 11.7. The Kier molecular flexibility index (Phi) is 3.67. The summed E-state index contributed by atoms with van der Waals surface area (Å²) in [6, 6.07) is 13.1. The lowest BCUT2D eigenvalue weighted by atomic mass is 9.88. The van der Waals surface area contributed by atoms with E-state index < -0.39 is 11.9 Å². The highest BCUT2D eigenvalue weighted by molar-refractivity contribution is 5.99. The number of nitrogens with one attached hydrogen (secondary N) is 1. The second kappa shape index (κ2) is 5.78. The first-order valence-corrected chi connectivity index (χ1v) is 6.94. The molecule has 0 saturated carbocycles. The molecule has 3 rings (SSSR count). The molecule has 0 radical (unpaired) electrons. The Morgan fingerprint density at radius 2 is 1.95 bits per heavy atom. The molecule has 108 valence electrons. The zero-order chi connectivity index (χ0) is 15.5. The molecule has 0 spiro atoms. The Hall–Kier alpha value is -3.00. The highest BCUT2D eigenvalue weighted by Gasteiger charge is 2.31. The number of rotatable bonds is 2. The van der Waals surface area contributed by atoms with E-state index in [2.05, 4.69) is 21.4 Å². The molecule has 1 aliphatic heterocycles. The van der Waals surface area contributed by atoms with Gasteiger partial charge in [0, 0.05) is 18.1 Å². The fourth-order valence-corrected chi connectivity index (χ4v) is 2.62. The van der Waals surface area contributed by atoms with Crippen LogP contribution in [0, 0.1) is 17.2 Å². The van der Waals surface area contributed by atoms with Crippen LogP contribution in [0.5, 0.6) is 0 Å². The van der Waals surface area contributed by atoms with E-state index >= 15 is 0 Å². The molecule has 1 aromatic carbocycles. The predicted molar refractivity (Wildman–Crippen MR) is 83.2 cm³/mol. The average Bonchev–Trinajstić information content (AvgIpc) is 2.55. The molecule has 0 fully saturated rings. The summed E-state index contributed by atoms with van der Waals surface area (Å²) in [5, 5.41) is 12.2. The largest absolute Gasteiger partial charge is 0.341 e. The predicted octanol–water partition coefficient (Wildman–Crippen LogP) is 3.11. The molecule has 1 N–H and O–H groups in total. The fourth-order valence-electron chi connectivity index (χ4n) is 2.62. The van der Waals surface area contributed by atoms with Crippen LogP contribution in [0.25, 0.3) is 11.1 Å². The van der Waals surface area contributed by atoms with Crippen molar-refractivity contribution in [3.8, 4) is 17.2 Å². The molecule has 5 nitrogen and oxygen atoms in total. The van der Waals surface area contributed by atoms with Gasteiger partial charge in [0.05, 0.1) is 12.1 Å². The number of benzene rings is 1. The maximum Gasteiger partial charge on any atom is 0.341 e. The first-order valence-electron chi connectivity index (χ1n) is 6.94. The highest BCUT2D eigenvalue weighted by Crippen LogP contribution is 2.29. The van der Waals surface area contributed by atoms with Gasteiger partial charge in [-0.1, -0.05) is 18.2 Å². The van der Waals surface area contributed by atoms with Crippen LogP contribution in [0.1, 0.15) is 18.5 Å². The number of hydrogen-bond donors (Lipinski definition) is 1. The van der Waals surface area contributed by atoms with Gasteiger partial charge in [-0.05, 0) is 41.8 Å². The third-order valence-electron chi connectivity index (χ3n) is 3.74. The molecule has 2 atom stereocenters. The Morgan fingerprint density at radius 1 is 1.18 bits per heavy atom. The number of nitriles is 1. The second-order valence-electron chi connectivity index (χ2n) is 5.15. The van der Waals surface area contributed by atoms with Gasteiger partial charge in [0.25, 0.3) is 0 Å². The van der Waals surface area contributed by atoms with Crippen molar-refractivity contribution >= 4 is 11.7 Å². The van der Waals surface area contributed by atoms with Crippen molar-refractivity contribution in [2.75, 3.05) is 0 Å². The average molecular weight is 290 g/mol. The normalized spacial score (nSPS) is 20.7. The number of aliphatic imine (C=N–C) groups is 1. The standard InChI is InChI=1S/C17H14N4O/c1-11-15(10-18)16(21-17(22)20-11)14-4-2-3-13(9-14)12-5-7-19-8-6-12/h2-9,15-16H,1H3,(H,21,22). The number of carbonyl (C=O) groups is 1.